The van der Waals surface area contributed by atoms with Crippen molar-refractivity contribution in [3.63, 3.8) is 0 Å². The maximum absolute atomic E-state index is 11.8. The fraction of sp³-hybridized carbons (Fsp3) is 0.556. The molecule has 2 bridgehead atoms. The molecule has 0 aromatic rings. The Morgan fingerprint density at radius 1 is 0.833 bits per heavy atom. The molecule has 2 aliphatic carbocycles. The highest BCUT2D eigenvalue weighted by Gasteiger charge is 2.86. The molecule has 4 atom stereocenters. The molecule has 1 heterocycles. The van der Waals surface area contributed by atoms with Gasteiger partial charge in [-0.15, -0.1) is 23.2 Å². The summed E-state index contributed by atoms with van der Waals surface area (Å²) in [5.41, 5.74) is 0. The quantitative estimate of drug-likeness (QED) is 0.527. The largest absolute Gasteiger partial charge is 0.296 e. The van der Waals surface area contributed by atoms with Crippen molar-refractivity contribution in [1.29, 1.82) is 0 Å². The number of allylic oxidation sites excluding steroid dienone is 2. The highest BCUT2D eigenvalue weighted by molar-refractivity contribution is 6.66. The third kappa shape index (κ3) is 1.03. The van der Waals surface area contributed by atoms with Crippen LogP contribution in [-0.4, -0.2) is 25.9 Å². The molecule has 0 unspecified atom stereocenters. The molecule has 3 aliphatic rings. The van der Waals surface area contributed by atoms with Crippen molar-refractivity contribution in [3.05, 3.63) is 10.1 Å². The number of imide groups is 1. The third-order valence-electron chi connectivity index (χ3n) is 3.75. The van der Waals surface area contributed by atoms with Crippen molar-refractivity contribution < 1.29 is 9.59 Å². The maximum atomic E-state index is 11.8. The van der Waals surface area contributed by atoms with Crippen LogP contribution in [0.5, 0.6) is 0 Å². The van der Waals surface area contributed by atoms with Gasteiger partial charge in [0.2, 0.25) is 11.8 Å². The van der Waals surface area contributed by atoms with Crippen LogP contribution >= 0.6 is 69.6 Å². The number of amides is 2. The average molecular weight is 370 g/mol. The van der Waals surface area contributed by atoms with Gasteiger partial charge in [-0.25, -0.2) is 0 Å². The second kappa shape index (κ2) is 3.44. The molecular formula is C9H3Cl6NO2. The predicted octanol–water partition coefficient (Wildman–Crippen LogP) is 2.72. The molecule has 1 N–H and O–H groups in total. The molecule has 0 aromatic heterocycles. The number of fused-ring (bicyclic) bond motifs is 5. The molecule has 0 spiro atoms. The standard InChI is InChI=1S/C9H3Cl6NO2/c10-3-4(11)8(13)2-1(5(17)16-6(2)18)7(3,12)9(8,14)15/h1-2H,(H,16,17,18)/t1-,2-,7+,8+/m1/s1. The first-order valence-electron chi connectivity index (χ1n) is 4.78. The normalized spacial score (nSPS) is 48.8. The first kappa shape index (κ1) is 13.6. The maximum Gasteiger partial charge on any atom is 0.232 e. The molecular weight excluding hydrogens is 367 g/mol. The Morgan fingerprint density at radius 3 is 1.50 bits per heavy atom. The number of halogens is 6. The summed E-state index contributed by atoms with van der Waals surface area (Å²) in [7, 11) is 0. The molecule has 18 heavy (non-hydrogen) atoms. The summed E-state index contributed by atoms with van der Waals surface area (Å²) < 4.78 is -1.85. The molecule has 1 saturated carbocycles. The van der Waals surface area contributed by atoms with Gasteiger partial charge in [-0.05, 0) is 0 Å². The van der Waals surface area contributed by atoms with Crippen LogP contribution in [0.3, 0.4) is 0 Å². The summed E-state index contributed by atoms with van der Waals surface area (Å²) in [6.45, 7) is 0. The first-order valence-corrected chi connectivity index (χ1v) is 7.05. The SMILES string of the molecule is O=C1NC(=O)[C@H]2[C@H]1[C@]1(Cl)C(Cl)=C(Cl)[C@]2(Cl)C1(Cl)Cl. The zero-order valence-electron chi connectivity index (χ0n) is 8.24. The summed E-state index contributed by atoms with van der Waals surface area (Å²) in [5, 5.41) is 1.97. The van der Waals surface area contributed by atoms with Crippen LogP contribution in [0.1, 0.15) is 0 Å². The van der Waals surface area contributed by atoms with Gasteiger partial charge in [0.05, 0.1) is 21.9 Å². The van der Waals surface area contributed by atoms with Crippen molar-refractivity contribution in [3.8, 4) is 0 Å². The molecule has 0 aromatic carbocycles. The van der Waals surface area contributed by atoms with Crippen LogP contribution in [0, 0.1) is 11.8 Å². The topological polar surface area (TPSA) is 46.2 Å². The Bertz CT molecular complexity index is 501. The molecule has 3 rings (SSSR count). The van der Waals surface area contributed by atoms with Crippen molar-refractivity contribution in [2.45, 2.75) is 14.1 Å². The summed E-state index contributed by atoms with van der Waals surface area (Å²) in [4.78, 5) is 20.3. The van der Waals surface area contributed by atoms with Crippen LogP contribution in [-0.2, 0) is 9.59 Å². The third-order valence-corrected chi connectivity index (χ3v) is 8.01. The smallest absolute Gasteiger partial charge is 0.232 e. The Hall–Kier alpha value is 0.620. The van der Waals surface area contributed by atoms with Crippen LogP contribution in [0.25, 0.3) is 0 Å². The van der Waals surface area contributed by atoms with Crippen LogP contribution < -0.4 is 5.32 Å². The van der Waals surface area contributed by atoms with E-state index in [1.807, 2.05) is 0 Å². The molecule has 98 valence electrons. The van der Waals surface area contributed by atoms with Crippen molar-refractivity contribution in [2.75, 3.05) is 0 Å². The van der Waals surface area contributed by atoms with E-state index in [0.29, 0.717) is 0 Å². The van der Waals surface area contributed by atoms with Gasteiger partial charge in [-0.2, -0.15) is 0 Å². The van der Waals surface area contributed by atoms with E-state index in [0.717, 1.165) is 0 Å². The zero-order chi connectivity index (χ0) is 13.7. The number of hydrogen-bond acceptors (Lipinski definition) is 2. The number of alkyl halides is 4. The van der Waals surface area contributed by atoms with Gasteiger partial charge >= 0.3 is 0 Å². The minimum Gasteiger partial charge on any atom is -0.296 e. The Morgan fingerprint density at radius 2 is 1.17 bits per heavy atom. The van der Waals surface area contributed by atoms with Crippen LogP contribution in [0.2, 0.25) is 0 Å². The van der Waals surface area contributed by atoms with Gasteiger partial charge < -0.3 is 0 Å². The van der Waals surface area contributed by atoms with E-state index >= 15 is 0 Å². The summed E-state index contributed by atoms with van der Waals surface area (Å²) in [5.74, 6) is -3.27. The lowest BCUT2D eigenvalue weighted by molar-refractivity contribution is -0.126. The number of rotatable bonds is 0. The molecule has 3 nitrogen and oxygen atoms in total. The highest BCUT2D eigenvalue weighted by atomic mass is 35.5. The van der Waals surface area contributed by atoms with E-state index in [1.165, 1.54) is 0 Å². The molecule has 1 aliphatic heterocycles. The molecule has 2 fully saturated rings. The number of carbonyl (C=O) groups excluding carboxylic acids is 2. The van der Waals surface area contributed by atoms with E-state index < -0.39 is 37.7 Å². The van der Waals surface area contributed by atoms with Gasteiger partial charge in [0, 0.05) is 0 Å². The Balaban J connectivity index is 2.37. The lowest BCUT2D eigenvalue weighted by Gasteiger charge is -2.33. The van der Waals surface area contributed by atoms with Crippen LogP contribution in [0.15, 0.2) is 10.1 Å². The van der Waals surface area contributed by atoms with Gasteiger partial charge in [0.1, 0.15) is 9.75 Å². The lowest BCUT2D eigenvalue weighted by Crippen LogP contribution is -2.49. The van der Waals surface area contributed by atoms with Crippen molar-refractivity contribution in [2.24, 2.45) is 11.8 Å². The minimum atomic E-state index is -1.85. The van der Waals surface area contributed by atoms with Gasteiger partial charge in [0.15, 0.2) is 4.33 Å². The van der Waals surface area contributed by atoms with Gasteiger partial charge in [0.25, 0.3) is 0 Å². The fourth-order valence-electron chi connectivity index (χ4n) is 2.92. The number of carbonyl (C=O) groups is 2. The lowest BCUT2D eigenvalue weighted by atomic mass is 9.84. The fourth-order valence-corrected chi connectivity index (χ4v) is 5.86. The monoisotopic (exact) mass is 367 g/mol. The Labute approximate surface area is 132 Å². The summed E-state index contributed by atoms with van der Waals surface area (Å²) in [6.07, 6.45) is 0. The minimum absolute atomic E-state index is 0.0862. The predicted molar refractivity (Wildman–Crippen MR) is 70.5 cm³/mol. The van der Waals surface area contributed by atoms with E-state index in [1.54, 1.807) is 0 Å². The molecule has 0 radical (unpaired) electrons. The van der Waals surface area contributed by atoms with Gasteiger partial charge in [-0.1, -0.05) is 46.4 Å². The van der Waals surface area contributed by atoms with E-state index in [2.05, 4.69) is 5.32 Å². The Kier molecular flexibility index (Phi) is 2.60. The summed E-state index contributed by atoms with van der Waals surface area (Å²) >= 11 is 37.1. The molecule has 1 saturated heterocycles. The molecule has 2 amide bonds. The van der Waals surface area contributed by atoms with E-state index in [4.69, 9.17) is 69.6 Å². The second-order valence-corrected chi connectivity index (χ2v) is 7.71. The van der Waals surface area contributed by atoms with E-state index in [-0.39, 0.29) is 10.1 Å². The number of nitrogens with one attached hydrogen (secondary N) is 1. The van der Waals surface area contributed by atoms with Crippen molar-refractivity contribution in [1.82, 2.24) is 5.32 Å². The average Bonchev–Trinajstić information content (AvgIpc) is 2.68. The highest BCUT2D eigenvalue weighted by Crippen LogP contribution is 2.76. The second-order valence-electron chi connectivity index (χ2n) is 4.43. The zero-order valence-corrected chi connectivity index (χ0v) is 12.8. The van der Waals surface area contributed by atoms with E-state index in [9.17, 15) is 9.59 Å². The number of hydrogen-bond donors (Lipinski definition) is 1. The van der Waals surface area contributed by atoms with Gasteiger partial charge in [-0.3, -0.25) is 14.9 Å². The van der Waals surface area contributed by atoms with Crippen LogP contribution in [0.4, 0.5) is 0 Å². The molecule has 9 heteroatoms. The first-order chi connectivity index (χ1) is 8.11. The van der Waals surface area contributed by atoms with Crippen molar-refractivity contribution >= 4 is 81.4 Å². The summed E-state index contributed by atoms with van der Waals surface area (Å²) in [6, 6.07) is 0.